The quantitative estimate of drug-likeness (QED) is 0.837. The number of nitrogens with zero attached hydrogens (tertiary/aromatic N) is 4. The lowest BCUT2D eigenvalue weighted by atomic mass is 10.1. The van der Waals surface area contributed by atoms with E-state index >= 15 is 0 Å². The van der Waals surface area contributed by atoms with Crippen LogP contribution < -0.4 is 0 Å². The fraction of sp³-hybridized carbons (Fsp3) is 0.750. The van der Waals surface area contributed by atoms with Gasteiger partial charge in [0.15, 0.2) is 5.82 Å². The molecule has 96 valence electrons. The molecule has 6 heteroatoms. The first-order valence-corrected chi connectivity index (χ1v) is 7.57. The first-order chi connectivity index (χ1) is 8.92. The highest BCUT2D eigenvalue weighted by molar-refractivity contribution is 7.16. The first-order valence-electron chi connectivity index (χ1n) is 6.75. The molecule has 1 atom stereocenters. The fourth-order valence-corrected chi connectivity index (χ4v) is 3.98. The summed E-state index contributed by atoms with van der Waals surface area (Å²) < 4.78 is 7.59. The minimum Gasteiger partial charge on any atom is -0.370 e. The van der Waals surface area contributed by atoms with Crippen molar-refractivity contribution in [1.82, 2.24) is 19.8 Å². The maximum absolute atomic E-state index is 5.68. The Balaban J connectivity index is 1.71. The second-order valence-electron chi connectivity index (χ2n) is 5.18. The summed E-state index contributed by atoms with van der Waals surface area (Å²) in [4.78, 5) is 0.919. The van der Waals surface area contributed by atoms with E-state index in [0.29, 0.717) is 5.92 Å². The molecule has 0 amide bonds. The van der Waals surface area contributed by atoms with Gasteiger partial charge in [-0.05, 0) is 25.7 Å². The fourth-order valence-electron chi connectivity index (χ4n) is 2.97. The van der Waals surface area contributed by atoms with Crippen LogP contribution in [-0.2, 0) is 4.74 Å². The zero-order valence-electron chi connectivity index (χ0n) is 10.2. The minimum absolute atomic E-state index is 0.0959. The average Bonchev–Trinajstić information content (AvgIpc) is 3.13. The van der Waals surface area contributed by atoms with Crippen LogP contribution >= 0.6 is 11.3 Å². The molecule has 0 unspecified atom stereocenters. The molecule has 0 aromatic carbocycles. The van der Waals surface area contributed by atoms with Crippen molar-refractivity contribution in [1.29, 1.82) is 0 Å². The molecule has 2 aromatic heterocycles. The van der Waals surface area contributed by atoms with Gasteiger partial charge in [0.1, 0.15) is 11.1 Å². The maximum Gasteiger partial charge on any atom is 0.234 e. The van der Waals surface area contributed by atoms with E-state index in [1.165, 1.54) is 30.7 Å². The predicted molar refractivity (Wildman–Crippen MR) is 67.8 cm³/mol. The normalized spacial score (nSPS) is 25.4. The van der Waals surface area contributed by atoms with E-state index < -0.39 is 0 Å². The molecule has 1 saturated heterocycles. The summed E-state index contributed by atoms with van der Waals surface area (Å²) >= 11 is 1.70. The van der Waals surface area contributed by atoms with Crippen LogP contribution in [0.2, 0.25) is 0 Å². The molecule has 3 heterocycles. The Bertz CT molecular complexity index is 551. The molecule has 0 spiro atoms. The zero-order chi connectivity index (χ0) is 11.9. The maximum atomic E-state index is 5.68. The SMILES string of the molecule is C1CCC(c2nn3c([C@@H]4CCCO4)nnc3s2)C1. The molecule has 1 aliphatic carbocycles. The van der Waals surface area contributed by atoms with Crippen LogP contribution in [0.1, 0.15) is 61.4 Å². The summed E-state index contributed by atoms with van der Waals surface area (Å²) in [6.45, 7) is 0.833. The highest BCUT2D eigenvalue weighted by atomic mass is 32.1. The van der Waals surface area contributed by atoms with Gasteiger partial charge in [0, 0.05) is 12.5 Å². The van der Waals surface area contributed by atoms with Crippen molar-refractivity contribution in [3.63, 3.8) is 0 Å². The Labute approximate surface area is 109 Å². The van der Waals surface area contributed by atoms with Crippen LogP contribution in [0.15, 0.2) is 0 Å². The van der Waals surface area contributed by atoms with Crippen LogP contribution in [0.4, 0.5) is 0 Å². The van der Waals surface area contributed by atoms with Gasteiger partial charge in [-0.25, -0.2) is 0 Å². The summed E-state index contributed by atoms with van der Waals surface area (Å²) in [5.41, 5.74) is 0. The van der Waals surface area contributed by atoms with Gasteiger partial charge in [0.25, 0.3) is 0 Å². The zero-order valence-corrected chi connectivity index (χ0v) is 11.0. The van der Waals surface area contributed by atoms with Gasteiger partial charge in [-0.15, -0.1) is 10.2 Å². The molecular formula is C12H16N4OS. The van der Waals surface area contributed by atoms with Crippen LogP contribution in [0.25, 0.3) is 4.96 Å². The van der Waals surface area contributed by atoms with Gasteiger partial charge >= 0.3 is 0 Å². The largest absolute Gasteiger partial charge is 0.370 e. The van der Waals surface area contributed by atoms with E-state index in [1.54, 1.807) is 11.3 Å². The monoisotopic (exact) mass is 264 g/mol. The summed E-state index contributed by atoms with van der Waals surface area (Å²) in [5.74, 6) is 1.54. The van der Waals surface area contributed by atoms with Crippen LogP contribution in [-0.4, -0.2) is 26.4 Å². The molecule has 0 radical (unpaired) electrons. The van der Waals surface area contributed by atoms with Crippen molar-refractivity contribution in [2.24, 2.45) is 0 Å². The standard InChI is InChI=1S/C12H16N4OS/c1-2-5-8(4-1)11-15-16-10(9-6-3-7-17-9)13-14-12(16)18-11/h8-9H,1-7H2/t9-/m0/s1. The molecular weight excluding hydrogens is 248 g/mol. The molecule has 0 N–H and O–H groups in total. The van der Waals surface area contributed by atoms with Crippen molar-refractivity contribution in [3.8, 4) is 0 Å². The average molecular weight is 264 g/mol. The lowest BCUT2D eigenvalue weighted by Crippen LogP contribution is -2.04. The summed E-state index contributed by atoms with van der Waals surface area (Å²) in [7, 11) is 0. The second-order valence-corrected chi connectivity index (χ2v) is 6.16. The molecule has 0 bridgehead atoms. The van der Waals surface area contributed by atoms with Gasteiger partial charge < -0.3 is 4.74 Å². The van der Waals surface area contributed by atoms with Crippen LogP contribution in [0.5, 0.6) is 0 Å². The Morgan fingerprint density at radius 3 is 2.78 bits per heavy atom. The van der Waals surface area contributed by atoms with Gasteiger partial charge in [0.05, 0.1) is 0 Å². The van der Waals surface area contributed by atoms with E-state index in [4.69, 9.17) is 9.84 Å². The summed E-state index contributed by atoms with van der Waals surface area (Å²) in [5, 5.41) is 14.4. The molecule has 2 aromatic rings. The molecule has 5 nitrogen and oxygen atoms in total. The summed E-state index contributed by atoms with van der Waals surface area (Å²) in [6, 6.07) is 0. The van der Waals surface area contributed by atoms with E-state index in [1.807, 2.05) is 4.52 Å². The van der Waals surface area contributed by atoms with Gasteiger partial charge in [-0.3, -0.25) is 0 Å². The minimum atomic E-state index is 0.0959. The second kappa shape index (κ2) is 4.28. The van der Waals surface area contributed by atoms with Crippen LogP contribution in [0, 0.1) is 0 Å². The molecule has 1 saturated carbocycles. The van der Waals surface area contributed by atoms with Gasteiger partial charge in [-0.1, -0.05) is 24.2 Å². The highest BCUT2D eigenvalue weighted by Crippen LogP contribution is 2.37. The predicted octanol–water partition coefficient (Wildman–Crippen LogP) is 2.69. The smallest absolute Gasteiger partial charge is 0.234 e. The molecule has 2 fully saturated rings. The Morgan fingerprint density at radius 1 is 1.11 bits per heavy atom. The third-order valence-corrected chi connectivity index (χ3v) is 5.01. The lowest BCUT2D eigenvalue weighted by molar-refractivity contribution is 0.103. The molecule has 1 aliphatic heterocycles. The molecule has 2 aliphatic rings. The van der Waals surface area contributed by atoms with Crippen molar-refractivity contribution >= 4 is 16.3 Å². The van der Waals surface area contributed by atoms with E-state index in [-0.39, 0.29) is 6.10 Å². The number of fused-ring (bicyclic) bond motifs is 1. The van der Waals surface area contributed by atoms with Crippen molar-refractivity contribution in [2.75, 3.05) is 6.61 Å². The molecule has 18 heavy (non-hydrogen) atoms. The number of aromatic nitrogens is 4. The van der Waals surface area contributed by atoms with Gasteiger partial charge in [0.2, 0.25) is 4.96 Å². The highest BCUT2D eigenvalue weighted by Gasteiger charge is 2.27. The number of hydrogen-bond acceptors (Lipinski definition) is 5. The van der Waals surface area contributed by atoms with Crippen molar-refractivity contribution in [2.45, 2.75) is 50.5 Å². The third kappa shape index (κ3) is 1.66. The number of hydrogen-bond donors (Lipinski definition) is 0. The topological polar surface area (TPSA) is 52.3 Å². The Hall–Kier alpha value is -1.01. The first kappa shape index (κ1) is 10.9. The van der Waals surface area contributed by atoms with Crippen molar-refractivity contribution in [3.05, 3.63) is 10.8 Å². The van der Waals surface area contributed by atoms with E-state index in [2.05, 4.69) is 10.2 Å². The Kier molecular flexibility index (Phi) is 2.58. The van der Waals surface area contributed by atoms with E-state index in [9.17, 15) is 0 Å². The lowest BCUT2D eigenvalue weighted by Gasteiger charge is -2.05. The molecule has 4 rings (SSSR count). The number of ether oxygens (including phenoxy) is 1. The van der Waals surface area contributed by atoms with Gasteiger partial charge in [-0.2, -0.15) is 9.61 Å². The summed E-state index contributed by atoms with van der Waals surface area (Å²) in [6.07, 6.45) is 7.47. The van der Waals surface area contributed by atoms with Crippen LogP contribution in [0.3, 0.4) is 0 Å². The third-order valence-electron chi connectivity index (χ3n) is 3.95. The Morgan fingerprint density at radius 2 is 2.00 bits per heavy atom. The number of rotatable bonds is 2. The van der Waals surface area contributed by atoms with E-state index in [0.717, 1.165) is 30.2 Å². The van der Waals surface area contributed by atoms with Crippen molar-refractivity contribution < 1.29 is 4.74 Å².